The number of rotatable bonds is 6. The molecule has 2 fully saturated rings. The molecule has 1 amide bonds. The molecule has 28 heavy (non-hydrogen) atoms. The first kappa shape index (κ1) is 19.4. The van der Waals surface area contributed by atoms with E-state index >= 15 is 0 Å². The monoisotopic (exact) mass is 387 g/mol. The Hall–Kier alpha value is -1.92. The third-order valence-electron chi connectivity index (χ3n) is 6.86. The summed E-state index contributed by atoms with van der Waals surface area (Å²) in [5.41, 5.74) is 0.908. The van der Waals surface area contributed by atoms with E-state index in [9.17, 15) is 9.59 Å². The molecule has 6 nitrogen and oxygen atoms in total. The van der Waals surface area contributed by atoms with E-state index in [0.29, 0.717) is 13.2 Å². The van der Waals surface area contributed by atoms with Gasteiger partial charge in [0.15, 0.2) is 5.78 Å². The average Bonchev–Trinajstić information content (AvgIpc) is 3.14. The van der Waals surface area contributed by atoms with Crippen molar-refractivity contribution >= 4 is 11.7 Å². The normalized spacial score (nSPS) is 31.4. The molecule has 0 bridgehead atoms. The van der Waals surface area contributed by atoms with Crippen LogP contribution < -0.4 is 10.1 Å². The molecule has 1 aromatic rings. The fourth-order valence-electron chi connectivity index (χ4n) is 5.50. The summed E-state index contributed by atoms with van der Waals surface area (Å²) < 4.78 is 16.5. The smallest absolute Gasteiger partial charge is 0.228 e. The fourth-order valence-corrected chi connectivity index (χ4v) is 5.50. The quantitative estimate of drug-likeness (QED) is 0.600. The van der Waals surface area contributed by atoms with E-state index in [0.717, 1.165) is 55.4 Å². The van der Waals surface area contributed by atoms with Crippen molar-refractivity contribution in [1.82, 2.24) is 5.32 Å². The highest BCUT2D eigenvalue weighted by Gasteiger charge is 2.65. The number of hydrogen-bond donors (Lipinski definition) is 1. The number of ketones is 1. The topological polar surface area (TPSA) is 73.9 Å². The van der Waals surface area contributed by atoms with Gasteiger partial charge in [-0.1, -0.05) is 6.07 Å². The van der Waals surface area contributed by atoms with Gasteiger partial charge in [0.1, 0.15) is 11.3 Å². The van der Waals surface area contributed by atoms with Gasteiger partial charge in [-0.25, -0.2) is 0 Å². The largest absolute Gasteiger partial charge is 0.493 e. The van der Waals surface area contributed by atoms with Crippen molar-refractivity contribution in [2.24, 2.45) is 5.41 Å². The number of fused-ring (bicyclic) bond motifs is 3. The Morgan fingerprint density at radius 2 is 1.93 bits per heavy atom. The first-order valence-electron chi connectivity index (χ1n) is 10.2. The Morgan fingerprint density at radius 1 is 1.14 bits per heavy atom. The van der Waals surface area contributed by atoms with Crippen LogP contribution in [0.4, 0.5) is 0 Å². The van der Waals surface area contributed by atoms with E-state index < -0.39 is 5.54 Å². The molecule has 0 radical (unpaired) electrons. The van der Waals surface area contributed by atoms with Gasteiger partial charge in [-0.15, -0.1) is 0 Å². The van der Waals surface area contributed by atoms with Crippen LogP contribution in [0.25, 0.3) is 0 Å². The second-order valence-electron chi connectivity index (χ2n) is 8.30. The maximum absolute atomic E-state index is 13.2. The van der Waals surface area contributed by atoms with Crippen LogP contribution >= 0.6 is 0 Å². The minimum Gasteiger partial charge on any atom is -0.493 e. The lowest BCUT2D eigenvalue weighted by Crippen LogP contribution is -2.56. The fraction of sp³-hybridized carbons (Fsp3) is 0.636. The van der Waals surface area contributed by atoms with Crippen LogP contribution in [0.3, 0.4) is 0 Å². The Bertz CT molecular complexity index is 768. The zero-order valence-corrected chi connectivity index (χ0v) is 16.7. The van der Waals surface area contributed by atoms with Crippen molar-refractivity contribution in [1.29, 1.82) is 0 Å². The lowest BCUT2D eigenvalue weighted by Gasteiger charge is -2.47. The molecule has 1 atom stereocenters. The predicted molar refractivity (Wildman–Crippen MR) is 103 cm³/mol. The third kappa shape index (κ3) is 2.94. The Morgan fingerprint density at radius 3 is 2.57 bits per heavy atom. The van der Waals surface area contributed by atoms with E-state index in [2.05, 4.69) is 11.4 Å². The van der Waals surface area contributed by atoms with Crippen molar-refractivity contribution in [2.75, 3.05) is 27.4 Å². The number of benzene rings is 1. The van der Waals surface area contributed by atoms with Gasteiger partial charge >= 0.3 is 0 Å². The van der Waals surface area contributed by atoms with Gasteiger partial charge in [-0.3, -0.25) is 9.59 Å². The zero-order chi connectivity index (χ0) is 19.8. The lowest BCUT2D eigenvalue weighted by atomic mass is 9.60. The second-order valence-corrected chi connectivity index (χ2v) is 8.30. The van der Waals surface area contributed by atoms with Gasteiger partial charge in [-0.2, -0.15) is 0 Å². The molecule has 1 saturated heterocycles. The number of hydrogen-bond acceptors (Lipinski definition) is 5. The first-order chi connectivity index (χ1) is 13.5. The molecule has 2 aliphatic carbocycles. The summed E-state index contributed by atoms with van der Waals surface area (Å²) in [6.45, 7) is 1.20. The van der Waals surface area contributed by atoms with Gasteiger partial charge in [0, 0.05) is 32.7 Å². The molecule has 3 aliphatic rings. The SMILES string of the molecule is COCCCOc1ccc2c(c1)C1(NC(=O)CC1=O)C1(CCC(OC)CC1)C2. The van der Waals surface area contributed by atoms with Crippen molar-refractivity contribution < 1.29 is 23.8 Å². The number of methoxy groups -OCH3 is 2. The molecule has 1 N–H and O–H groups in total. The highest BCUT2D eigenvalue weighted by Crippen LogP contribution is 2.60. The minimum atomic E-state index is -0.913. The maximum Gasteiger partial charge on any atom is 0.228 e. The van der Waals surface area contributed by atoms with Crippen LogP contribution in [0.15, 0.2) is 18.2 Å². The highest BCUT2D eigenvalue weighted by molar-refractivity contribution is 6.11. The van der Waals surface area contributed by atoms with Crippen LogP contribution in [0.1, 0.15) is 49.7 Å². The minimum absolute atomic E-state index is 0.00338. The number of nitrogens with one attached hydrogen (secondary N) is 1. The van der Waals surface area contributed by atoms with E-state index in [4.69, 9.17) is 14.2 Å². The van der Waals surface area contributed by atoms with Crippen molar-refractivity contribution in [3.63, 3.8) is 0 Å². The third-order valence-corrected chi connectivity index (χ3v) is 6.86. The van der Waals surface area contributed by atoms with Gasteiger partial charge in [0.25, 0.3) is 0 Å². The summed E-state index contributed by atoms with van der Waals surface area (Å²) in [7, 11) is 3.42. The molecule has 152 valence electrons. The molecule has 1 saturated carbocycles. The van der Waals surface area contributed by atoms with Crippen LogP contribution in [-0.2, 0) is 31.0 Å². The van der Waals surface area contributed by atoms with Crippen LogP contribution in [0.2, 0.25) is 0 Å². The molecule has 1 aromatic carbocycles. The number of carbonyl (C=O) groups is 2. The molecular weight excluding hydrogens is 358 g/mol. The summed E-state index contributed by atoms with van der Waals surface area (Å²) in [6, 6.07) is 6.01. The van der Waals surface area contributed by atoms with Gasteiger partial charge in [0.2, 0.25) is 5.91 Å². The summed E-state index contributed by atoms with van der Waals surface area (Å²) >= 11 is 0. The van der Waals surface area contributed by atoms with E-state index in [1.54, 1.807) is 14.2 Å². The van der Waals surface area contributed by atoms with Gasteiger partial charge < -0.3 is 19.5 Å². The summed E-state index contributed by atoms with van der Waals surface area (Å²) in [5.74, 6) is 0.576. The number of Topliss-reactive ketones (excluding diaryl/α,β-unsaturated/α-hetero) is 1. The van der Waals surface area contributed by atoms with Crippen molar-refractivity contribution in [3.05, 3.63) is 29.3 Å². The highest BCUT2D eigenvalue weighted by atomic mass is 16.5. The van der Waals surface area contributed by atoms with Crippen molar-refractivity contribution in [3.8, 4) is 5.75 Å². The van der Waals surface area contributed by atoms with Crippen LogP contribution in [0, 0.1) is 5.41 Å². The molecule has 1 unspecified atom stereocenters. The maximum atomic E-state index is 13.2. The Kier molecular flexibility index (Phi) is 5.19. The van der Waals surface area contributed by atoms with Gasteiger partial charge in [0.05, 0.1) is 19.1 Å². The molecule has 1 heterocycles. The summed E-state index contributed by atoms with van der Waals surface area (Å²) in [5, 5.41) is 3.13. The van der Waals surface area contributed by atoms with Crippen molar-refractivity contribution in [2.45, 2.75) is 56.6 Å². The lowest BCUT2D eigenvalue weighted by molar-refractivity contribution is -0.129. The van der Waals surface area contributed by atoms with Crippen LogP contribution in [0.5, 0.6) is 5.75 Å². The zero-order valence-electron chi connectivity index (χ0n) is 16.7. The molecule has 6 heteroatoms. The molecular formula is C22H29NO5. The average molecular weight is 387 g/mol. The van der Waals surface area contributed by atoms with E-state index in [-0.39, 0.29) is 29.6 Å². The molecule has 0 aromatic heterocycles. The Balaban J connectivity index is 1.68. The number of amides is 1. The molecule has 4 rings (SSSR count). The molecule has 1 aliphatic heterocycles. The molecule has 2 spiro atoms. The summed E-state index contributed by atoms with van der Waals surface area (Å²) in [6.07, 6.45) is 5.38. The Labute approximate surface area is 165 Å². The van der Waals surface area contributed by atoms with E-state index in [1.807, 2.05) is 12.1 Å². The number of carbonyl (C=O) groups excluding carboxylic acids is 2. The second kappa shape index (κ2) is 7.48. The summed E-state index contributed by atoms with van der Waals surface area (Å²) in [4.78, 5) is 25.5. The van der Waals surface area contributed by atoms with Crippen LogP contribution in [-0.4, -0.2) is 45.2 Å². The first-order valence-corrected chi connectivity index (χ1v) is 10.2. The predicted octanol–water partition coefficient (Wildman–Crippen LogP) is 2.52. The standard InChI is InChI=1S/C22H29NO5/c1-26-10-3-11-28-17-5-4-15-14-21(8-6-16(27-2)7-9-21)22(18(15)12-17)19(24)13-20(25)23-22/h4-5,12,16H,3,6-11,13-14H2,1-2H3,(H,23,25). The number of ether oxygens (including phenoxy) is 3. The van der Waals surface area contributed by atoms with E-state index in [1.165, 1.54) is 0 Å². The van der Waals surface area contributed by atoms with Gasteiger partial charge in [-0.05, 0) is 55.4 Å².